The highest BCUT2D eigenvalue weighted by Crippen LogP contribution is 2.47. The third-order valence-corrected chi connectivity index (χ3v) is 38.1. The van der Waals surface area contributed by atoms with Crippen molar-refractivity contribution in [2.45, 2.75) is 246 Å². The molecular formula is C68H113IO6Si4. The van der Waals surface area contributed by atoms with Gasteiger partial charge in [0, 0.05) is 12.5 Å². The first-order chi connectivity index (χ1) is 36.2. The molecule has 0 fully saturated rings. The summed E-state index contributed by atoms with van der Waals surface area (Å²) in [6.45, 7) is 60.2. The Morgan fingerprint density at radius 1 is 0.608 bits per heavy atom. The summed E-state index contributed by atoms with van der Waals surface area (Å²) in [5, 5.41) is 0.0178. The summed E-state index contributed by atoms with van der Waals surface area (Å²) in [6, 6.07) is 32.0. The fraction of sp³-hybridized carbons (Fsp3) is 0.632. The molecular weight excluding hydrogens is 1150 g/mol. The van der Waals surface area contributed by atoms with E-state index in [9.17, 15) is 0 Å². The van der Waals surface area contributed by atoms with Crippen molar-refractivity contribution in [1.29, 1.82) is 0 Å². The maximum absolute atomic E-state index is 16.0. The number of hydrogen-bond donors (Lipinski definition) is 0. The Hall–Kier alpha value is -2.05. The van der Waals surface area contributed by atoms with Crippen molar-refractivity contribution in [1.82, 2.24) is 0 Å². The van der Waals surface area contributed by atoms with Gasteiger partial charge in [-0.05, 0) is 163 Å². The average Bonchev–Trinajstić information content (AvgIpc) is 3.35. The van der Waals surface area contributed by atoms with Gasteiger partial charge in [0.15, 0.2) is 33.3 Å². The molecule has 0 aliphatic carbocycles. The van der Waals surface area contributed by atoms with Crippen LogP contribution in [0.4, 0.5) is 0 Å². The molecule has 0 unspecified atom stereocenters. The zero-order valence-electron chi connectivity index (χ0n) is 54.5. The Morgan fingerprint density at radius 3 is 1.43 bits per heavy atom. The topological polar surface area (TPSA) is 63.2 Å². The summed E-state index contributed by atoms with van der Waals surface area (Å²) < 4.78 is 38.9. The van der Waals surface area contributed by atoms with Crippen molar-refractivity contribution in [2.75, 3.05) is 13.2 Å². The van der Waals surface area contributed by atoms with Crippen LogP contribution < -0.4 is 0 Å². The molecule has 3 rings (SSSR count). The summed E-state index contributed by atoms with van der Waals surface area (Å²) in [6.07, 6.45) is 8.10. The summed E-state index contributed by atoms with van der Waals surface area (Å²) in [5.41, 5.74) is 3.98. The van der Waals surface area contributed by atoms with Crippen molar-refractivity contribution in [3.63, 3.8) is 0 Å². The highest BCUT2D eigenvalue weighted by atomic mass is 127. The van der Waals surface area contributed by atoms with Crippen LogP contribution in [0.25, 0.3) is 0 Å². The number of halogens is 1. The highest BCUT2D eigenvalue weighted by Gasteiger charge is 2.51. The fourth-order valence-corrected chi connectivity index (χ4v) is 15.2. The number of ether oxygens (including phenoxy) is 1. The number of allylic oxidation sites excluding steroid dienone is 1. The molecule has 0 heterocycles. The molecule has 0 N–H and O–H groups in total. The van der Waals surface area contributed by atoms with E-state index in [1.165, 1.54) is 11.1 Å². The molecule has 0 amide bonds. The monoisotopic (exact) mass is 1260 g/mol. The van der Waals surface area contributed by atoms with Gasteiger partial charge in [0.25, 0.3) is 0 Å². The van der Waals surface area contributed by atoms with Gasteiger partial charge in [0.2, 0.25) is 0 Å². The van der Waals surface area contributed by atoms with Crippen LogP contribution in [0.2, 0.25) is 72.5 Å². The third kappa shape index (κ3) is 18.7. The molecule has 6 atom stereocenters. The largest absolute Gasteiger partial charge is 0.417 e. The minimum absolute atomic E-state index is 0.0495. The molecule has 11 heteroatoms. The first kappa shape index (κ1) is 71.2. The van der Waals surface area contributed by atoms with Crippen LogP contribution in [0.3, 0.4) is 0 Å². The van der Waals surface area contributed by atoms with E-state index < -0.39 is 50.2 Å². The number of benzene rings is 3. The average molecular weight is 1270 g/mol. The lowest BCUT2D eigenvalue weighted by Crippen LogP contribution is -2.55. The summed E-state index contributed by atoms with van der Waals surface area (Å²) in [4.78, 5) is 16.0. The Bertz CT molecular complexity index is 2310. The minimum atomic E-state index is -2.39. The van der Waals surface area contributed by atoms with Crippen LogP contribution in [-0.4, -0.2) is 70.6 Å². The van der Waals surface area contributed by atoms with E-state index in [-0.39, 0.29) is 50.2 Å². The quantitative estimate of drug-likeness (QED) is 0.0287. The standard InChI is InChI=1S/C68H113IO6Si4/c1-26-48-67(17,60(74-78(22,23)65(11,12)13)47-49-72-76(18,19)63(5,6)7)62(70)54(4)61(75-79(24,25)66(14,15)16)52(2)37-36-38-55(45-46-59(53(3)50-69)73-77(20,21)64(8,9)10)51-71-68(56-39-30-27-31-40-56,57-41-32-28-33-42-57)58-43-34-29-35-44-58/h26-35,39-45,50,52,54,59-61H,1,36-38,46-49,51H2,2-25H3/b53-50+,55-45+/t52-,54+,59-,60-,61-,67+/m0/s1. The predicted molar refractivity (Wildman–Crippen MR) is 360 cm³/mol. The van der Waals surface area contributed by atoms with Gasteiger partial charge in [-0.2, -0.15) is 0 Å². The maximum atomic E-state index is 16.0. The van der Waals surface area contributed by atoms with E-state index in [2.05, 4.69) is 293 Å². The van der Waals surface area contributed by atoms with E-state index in [1.54, 1.807) is 0 Å². The normalized spacial score (nSPS) is 16.9. The Kier molecular flexibility index (Phi) is 25.9. The summed E-state index contributed by atoms with van der Waals surface area (Å²) in [7, 11) is -8.96. The Balaban J connectivity index is 2.20. The van der Waals surface area contributed by atoms with Crippen LogP contribution in [0.5, 0.6) is 0 Å². The maximum Gasteiger partial charge on any atom is 0.192 e. The number of hydrogen-bond acceptors (Lipinski definition) is 6. The van der Waals surface area contributed by atoms with Crippen LogP contribution in [0.15, 0.2) is 125 Å². The lowest BCUT2D eigenvalue weighted by molar-refractivity contribution is -0.142. The molecule has 0 bridgehead atoms. The van der Waals surface area contributed by atoms with Gasteiger partial charge in [-0.25, -0.2) is 0 Å². The first-order valence-corrected chi connectivity index (χ1v) is 42.6. The van der Waals surface area contributed by atoms with E-state index in [0.29, 0.717) is 26.1 Å². The molecule has 0 spiro atoms. The molecule has 3 aromatic carbocycles. The van der Waals surface area contributed by atoms with Crippen molar-refractivity contribution < 1.29 is 27.2 Å². The fourth-order valence-electron chi connectivity index (χ4n) is 9.49. The third-order valence-electron chi connectivity index (χ3n) is 19.2. The zero-order valence-corrected chi connectivity index (χ0v) is 60.6. The molecule has 0 saturated carbocycles. The predicted octanol–water partition coefficient (Wildman–Crippen LogP) is 20.8. The molecule has 6 nitrogen and oxygen atoms in total. The lowest BCUT2D eigenvalue weighted by atomic mass is 9.70. The van der Waals surface area contributed by atoms with Gasteiger partial charge >= 0.3 is 0 Å². The molecule has 0 aliphatic heterocycles. The second kappa shape index (κ2) is 28.7. The van der Waals surface area contributed by atoms with Gasteiger partial charge in [-0.15, -0.1) is 6.58 Å². The number of Topliss-reactive ketones (excluding diaryl/α,β-unsaturated/α-hetero) is 1. The molecule has 79 heavy (non-hydrogen) atoms. The Labute approximate surface area is 503 Å². The number of carbonyl (C=O) groups is 1. The minimum Gasteiger partial charge on any atom is -0.417 e. The second-order valence-electron chi connectivity index (χ2n) is 29.4. The van der Waals surface area contributed by atoms with Crippen molar-refractivity contribution in [2.24, 2.45) is 17.3 Å². The number of rotatable bonds is 30. The van der Waals surface area contributed by atoms with Gasteiger partial charge < -0.3 is 22.4 Å². The Morgan fingerprint density at radius 2 is 1.03 bits per heavy atom. The number of carbonyl (C=O) groups excluding carboxylic acids is 1. The van der Waals surface area contributed by atoms with E-state index in [1.807, 2.05) is 6.08 Å². The molecule has 0 aliphatic rings. The summed E-state index contributed by atoms with van der Waals surface area (Å²) in [5.74, 6) is -0.141. The second-order valence-corrected chi connectivity index (χ2v) is 49.1. The van der Waals surface area contributed by atoms with Gasteiger partial charge in [0.1, 0.15) is 11.4 Å². The van der Waals surface area contributed by atoms with Crippen molar-refractivity contribution >= 4 is 61.6 Å². The van der Waals surface area contributed by atoms with Crippen LogP contribution in [0, 0.1) is 17.3 Å². The van der Waals surface area contributed by atoms with E-state index in [4.69, 9.17) is 22.4 Å². The first-order valence-electron chi connectivity index (χ1n) is 29.7. The van der Waals surface area contributed by atoms with Gasteiger partial charge in [0.05, 0.1) is 30.3 Å². The van der Waals surface area contributed by atoms with Crippen molar-refractivity contribution in [3.8, 4) is 0 Å². The zero-order chi connectivity index (χ0) is 60.3. The van der Waals surface area contributed by atoms with Gasteiger partial charge in [-0.1, -0.05) is 223 Å². The molecule has 3 aromatic rings. The SMILES string of the molecule is C=CC[C@@](C)(C(=O)[C@H](C)[C@@H](O[Si](C)(C)C(C)(C)C)[C@@H](C)CCC/C(=C\C[C@H](O[Si](C)(C)C(C)(C)C)/C(C)=C/I)COC(c1ccccc1)(c1ccccc1)c1ccccc1)[C@H](CCO[Si](C)(C)C(C)(C)C)O[Si](C)(C)C(C)(C)C. The van der Waals surface area contributed by atoms with E-state index >= 15 is 4.79 Å². The molecule has 0 radical (unpaired) electrons. The highest BCUT2D eigenvalue weighted by molar-refractivity contribution is 14.1. The van der Waals surface area contributed by atoms with Crippen LogP contribution in [-0.2, 0) is 32.8 Å². The lowest BCUT2D eigenvalue weighted by Gasteiger charge is -2.48. The van der Waals surface area contributed by atoms with Crippen molar-refractivity contribution in [3.05, 3.63) is 142 Å². The van der Waals surface area contributed by atoms with Crippen LogP contribution in [0.1, 0.15) is 166 Å². The molecule has 0 aromatic heterocycles. The smallest absolute Gasteiger partial charge is 0.192 e. The molecule has 444 valence electrons. The number of ketones is 1. The molecule has 0 saturated heterocycles. The van der Waals surface area contributed by atoms with Crippen LogP contribution >= 0.6 is 22.6 Å². The van der Waals surface area contributed by atoms with E-state index in [0.717, 1.165) is 42.4 Å². The van der Waals surface area contributed by atoms with Gasteiger partial charge in [-0.3, -0.25) is 4.79 Å². The summed E-state index contributed by atoms with van der Waals surface area (Å²) >= 11 is 2.38.